The first kappa shape index (κ1) is 16.4. The fourth-order valence-corrected chi connectivity index (χ4v) is 2.57. The van der Waals surface area contributed by atoms with Crippen LogP contribution in [0.5, 0.6) is 0 Å². The molecule has 0 aliphatic carbocycles. The van der Waals surface area contributed by atoms with Crippen molar-refractivity contribution in [3.63, 3.8) is 0 Å². The zero-order valence-electron chi connectivity index (χ0n) is 11.7. The average Bonchev–Trinajstić information content (AvgIpc) is 2.89. The van der Waals surface area contributed by atoms with Crippen molar-refractivity contribution in [1.82, 2.24) is 20.2 Å². The molecule has 6 nitrogen and oxygen atoms in total. The van der Waals surface area contributed by atoms with Gasteiger partial charge in [-0.05, 0) is 35.5 Å². The lowest BCUT2D eigenvalue weighted by molar-refractivity contribution is -0.115. The molecule has 0 aliphatic rings. The van der Waals surface area contributed by atoms with Gasteiger partial charge in [-0.25, -0.2) is 9.07 Å². The van der Waals surface area contributed by atoms with Crippen LogP contribution < -0.4 is 5.32 Å². The summed E-state index contributed by atoms with van der Waals surface area (Å²) in [5, 5.41) is 14.0. The Bertz CT molecular complexity index is 693. The molecule has 1 unspecified atom stereocenters. The first-order valence-electron chi connectivity index (χ1n) is 6.31. The third kappa shape index (κ3) is 4.05. The number of halogens is 2. The van der Waals surface area contributed by atoms with Gasteiger partial charge in [-0.15, -0.1) is 11.7 Å². The Labute approximate surface area is 135 Å². The number of hydrogen-bond donors (Lipinski definition) is 1. The third-order valence-electron chi connectivity index (χ3n) is 2.64. The Hall–Kier alpha value is -1.93. The second-order valence-electron chi connectivity index (χ2n) is 4.31. The van der Waals surface area contributed by atoms with Crippen LogP contribution in [0.3, 0.4) is 0 Å². The van der Waals surface area contributed by atoms with Crippen molar-refractivity contribution in [3.05, 3.63) is 41.7 Å². The van der Waals surface area contributed by atoms with Gasteiger partial charge < -0.3 is 5.32 Å². The van der Waals surface area contributed by atoms with E-state index in [4.69, 9.17) is 11.6 Å². The number of nitrogens with zero attached hydrogens (tertiary/aromatic N) is 4. The quantitative estimate of drug-likeness (QED) is 0.646. The molecule has 0 fully saturated rings. The van der Waals surface area contributed by atoms with Crippen LogP contribution in [-0.2, 0) is 11.3 Å². The van der Waals surface area contributed by atoms with E-state index in [1.165, 1.54) is 28.6 Å². The Balaban J connectivity index is 2.02. The van der Waals surface area contributed by atoms with Gasteiger partial charge in [-0.3, -0.25) is 4.79 Å². The average molecular weight is 342 g/mol. The van der Waals surface area contributed by atoms with Crippen LogP contribution in [0.15, 0.2) is 36.0 Å². The summed E-state index contributed by atoms with van der Waals surface area (Å²) in [7, 11) is 0. The molecule has 0 bridgehead atoms. The largest absolute Gasteiger partial charge is 0.324 e. The minimum absolute atomic E-state index is 0.141. The van der Waals surface area contributed by atoms with Gasteiger partial charge in [-0.2, -0.15) is 0 Å². The van der Waals surface area contributed by atoms with E-state index in [2.05, 4.69) is 27.4 Å². The highest BCUT2D eigenvalue weighted by Crippen LogP contribution is 2.25. The number of allylic oxidation sites excluding steroid dienone is 1. The number of hydrogen-bond acceptors (Lipinski definition) is 5. The number of carbonyl (C=O) groups is 1. The zero-order chi connectivity index (χ0) is 16.1. The third-order valence-corrected chi connectivity index (χ3v) is 4.03. The molecule has 0 aliphatic heterocycles. The van der Waals surface area contributed by atoms with E-state index in [1.807, 2.05) is 0 Å². The Morgan fingerprint density at radius 1 is 1.64 bits per heavy atom. The first-order valence-corrected chi connectivity index (χ1v) is 7.56. The van der Waals surface area contributed by atoms with Gasteiger partial charge in [0.1, 0.15) is 5.82 Å². The fourth-order valence-electron chi connectivity index (χ4n) is 1.55. The number of carbonyl (C=O) groups excluding carboxylic acids is 1. The van der Waals surface area contributed by atoms with E-state index in [0.29, 0.717) is 17.4 Å². The molecule has 1 aromatic carbocycles. The predicted molar refractivity (Wildman–Crippen MR) is 83.4 cm³/mol. The Morgan fingerprint density at radius 2 is 2.41 bits per heavy atom. The van der Waals surface area contributed by atoms with Gasteiger partial charge in [0.25, 0.3) is 0 Å². The number of aromatic nitrogens is 4. The number of rotatable bonds is 6. The highest BCUT2D eigenvalue weighted by molar-refractivity contribution is 8.00. The molecule has 0 saturated carbocycles. The summed E-state index contributed by atoms with van der Waals surface area (Å²) < 4.78 is 14.5. The molecule has 0 radical (unpaired) electrons. The maximum absolute atomic E-state index is 13.0. The van der Waals surface area contributed by atoms with Crippen LogP contribution in [0.25, 0.3) is 0 Å². The van der Waals surface area contributed by atoms with Crippen molar-refractivity contribution in [2.45, 2.75) is 23.9 Å². The van der Waals surface area contributed by atoms with Crippen molar-refractivity contribution in [1.29, 1.82) is 0 Å². The van der Waals surface area contributed by atoms with E-state index < -0.39 is 11.1 Å². The maximum Gasteiger partial charge on any atom is 0.237 e. The number of anilines is 1. The zero-order valence-corrected chi connectivity index (χ0v) is 13.2. The summed E-state index contributed by atoms with van der Waals surface area (Å²) in [5.41, 5.74) is 0.353. The van der Waals surface area contributed by atoms with E-state index in [1.54, 1.807) is 13.0 Å². The second kappa shape index (κ2) is 7.37. The molecule has 1 N–H and O–H groups in total. The van der Waals surface area contributed by atoms with Gasteiger partial charge in [-0.1, -0.05) is 29.4 Å². The summed E-state index contributed by atoms with van der Waals surface area (Å²) >= 11 is 7.08. The van der Waals surface area contributed by atoms with E-state index in [-0.39, 0.29) is 10.9 Å². The SMILES string of the molecule is C=CCn1nnnc1SC(C)C(=O)Nc1ccc(F)cc1Cl. The molecule has 2 rings (SSSR count). The standard InChI is InChI=1S/C13H13ClFN5OS/c1-3-6-20-13(17-18-19-20)22-8(2)12(21)16-11-5-4-9(15)7-10(11)14/h3-5,7-8H,1,6H2,2H3,(H,16,21). The molecular formula is C13H13ClFN5OS. The van der Waals surface area contributed by atoms with Gasteiger partial charge in [0.05, 0.1) is 22.5 Å². The van der Waals surface area contributed by atoms with E-state index in [9.17, 15) is 9.18 Å². The lowest BCUT2D eigenvalue weighted by Gasteiger charge is -2.12. The van der Waals surface area contributed by atoms with E-state index in [0.717, 1.165) is 6.07 Å². The minimum atomic E-state index is -0.464. The van der Waals surface area contributed by atoms with Crippen molar-refractivity contribution in [2.24, 2.45) is 0 Å². The van der Waals surface area contributed by atoms with Crippen LogP contribution >= 0.6 is 23.4 Å². The van der Waals surface area contributed by atoms with Crippen LogP contribution in [0, 0.1) is 5.82 Å². The Kier molecular flexibility index (Phi) is 5.51. The highest BCUT2D eigenvalue weighted by Gasteiger charge is 2.19. The molecule has 1 amide bonds. The van der Waals surface area contributed by atoms with Crippen LogP contribution in [-0.4, -0.2) is 31.4 Å². The topological polar surface area (TPSA) is 72.7 Å². The molecule has 116 valence electrons. The van der Waals surface area contributed by atoms with E-state index >= 15 is 0 Å². The van der Waals surface area contributed by atoms with Gasteiger partial charge in [0.2, 0.25) is 11.1 Å². The molecule has 22 heavy (non-hydrogen) atoms. The van der Waals surface area contributed by atoms with Crippen LogP contribution in [0.4, 0.5) is 10.1 Å². The highest BCUT2D eigenvalue weighted by atomic mass is 35.5. The smallest absolute Gasteiger partial charge is 0.237 e. The first-order chi connectivity index (χ1) is 10.5. The number of tetrazole rings is 1. The lowest BCUT2D eigenvalue weighted by Crippen LogP contribution is -2.23. The number of thioether (sulfide) groups is 1. The van der Waals surface area contributed by atoms with Gasteiger partial charge in [0.15, 0.2) is 0 Å². The van der Waals surface area contributed by atoms with Crippen molar-refractivity contribution in [2.75, 3.05) is 5.32 Å². The molecule has 2 aromatic rings. The van der Waals surface area contributed by atoms with Crippen molar-refractivity contribution < 1.29 is 9.18 Å². The van der Waals surface area contributed by atoms with Crippen molar-refractivity contribution >= 4 is 35.0 Å². The Morgan fingerprint density at radius 3 is 3.09 bits per heavy atom. The molecule has 0 spiro atoms. The van der Waals surface area contributed by atoms with Crippen LogP contribution in [0.1, 0.15) is 6.92 Å². The molecular weight excluding hydrogens is 329 g/mol. The summed E-state index contributed by atoms with van der Waals surface area (Å²) in [6.45, 7) is 5.78. The number of amides is 1. The maximum atomic E-state index is 13.0. The summed E-state index contributed by atoms with van der Waals surface area (Å²) in [6.07, 6.45) is 1.66. The van der Waals surface area contributed by atoms with Gasteiger partial charge >= 0.3 is 0 Å². The minimum Gasteiger partial charge on any atom is -0.324 e. The molecule has 1 aromatic heterocycles. The molecule has 0 saturated heterocycles. The number of nitrogens with one attached hydrogen (secondary N) is 1. The molecule has 1 atom stereocenters. The summed E-state index contributed by atoms with van der Waals surface area (Å²) in [6, 6.07) is 3.78. The molecule has 9 heteroatoms. The van der Waals surface area contributed by atoms with Crippen LogP contribution in [0.2, 0.25) is 5.02 Å². The predicted octanol–water partition coefficient (Wildman–Crippen LogP) is 2.77. The molecule has 1 heterocycles. The second-order valence-corrected chi connectivity index (χ2v) is 6.02. The number of benzene rings is 1. The van der Waals surface area contributed by atoms with Gasteiger partial charge in [0, 0.05) is 0 Å². The fraction of sp³-hybridized carbons (Fsp3) is 0.231. The summed E-state index contributed by atoms with van der Waals surface area (Å²) in [4.78, 5) is 12.2. The monoisotopic (exact) mass is 341 g/mol. The lowest BCUT2D eigenvalue weighted by atomic mass is 10.3. The summed E-state index contributed by atoms with van der Waals surface area (Å²) in [5.74, 6) is -0.749. The normalized spacial score (nSPS) is 12.0. The van der Waals surface area contributed by atoms with Crippen molar-refractivity contribution in [3.8, 4) is 0 Å².